The lowest BCUT2D eigenvalue weighted by Crippen LogP contribution is -2.10. The molecule has 0 atom stereocenters. The van der Waals surface area contributed by atoms with Gasteiger partial charge in [0, 0.05) is 13.0 Å². The van der Waals surface area contributed by atoms with Crippen molar-refractivity contribution in [2.45, 2.75) is 13.3 Å². The summed E-state index contributed by atoms with van der Waals surface area (Å²) in [5.41, 5.74) is 1.98. The van der Waals surface area contributed by atoms with Gasteiger partial charge in [-0.25, -0.2) is 0 Å². The maximum atomic E-state index is 5.34. The largest absolute Gasteiger partial charge is 0.496 e. The van der Waals surface area contributed by atoms with Crippen molar-refractivity contribution in [1.29, 1.82) is 0 Å². The molecule has 2 rings (SSSR count). The van der Waals surface area contributed by atoms with Gasteiger partial charge in [-0.3, -0.25) is 0 Å². The molecule has 5 nitrogen and oxygen atoms in total. The Hall–Kier alpha value is -1.88. The Morgan fingerprint density at radius 3 is 2.94 bits per heavy atom. The highest BCUT2D eigenvalue weighted by Gasteiger charge is 2.12. The molecule has 96 valence electrons. The lowest BCUT2D eigenvalue weighted by Gasteiger charge is -2.05. The molecular weight excluding hydrogens is 230 g/mol. The van der Waals surface area contributed by atoms with E-state index in [-0.39, 0.29) is 0 Å². The molecule has 0 amide bonds. The average molecular weight is 247 g/mol. The second kappa shape index (κ2) is 5.64. The highest BCUT2D eigenvalue weighted by molar-refractivity contribution is 5.64. The van der Waals surface area contributed by atoms with Gasteiger partial charge >= 0.3 is 0 Å². The lowest BCUT2D eigenvalue weighted by molar-refractivity contribution is 0.377. The fourth-order valence-electron chi connectivity index (χ4n) is 1.68. The van der Waals surface area contributed by atoms with Crippen LogP contribution in [0.25, 0.3) is 11.4 Å². The van der Waals surface area contributed by atoms with E-state index in [0.29, 0.717) is 11.7 Å². The molecule has 2 aromatic rings. The van der Waals surface area contributed by atoms with E-state index in [0.717, 1.165) is 29.8 Å². The Kier molecular flexibility index (Phi) is 3.94. The van der Waals surface area contributed by atoms with Crippen LogP contribution in [-0.4, -0.2) is 30.8 Å². The van der Waals surface area contributed by atoms with Crippen LogP contribution in [-0.2, 0) is 6.42 Å². The third-order valence-corrected chi connectivity index (χ3v) is 2.65. The Balaban J connectivity index is 2.28. The maximum absolute atomic E-state index is 5.34. The highest BCUT2D eigenvalue weighted by Crippen LogP contribution is 2.28. The molecule has 0 unspecified atom stereocenters. The minimum atomic E-state index is 0.568. The first-order valence-electron chi connectivity index (χ1n) is 5.87. The number of nitrogens with one attached hydrogen (secondary N) is 1. The van der Waals surface area contributed by atoms with Gasteiger partial charge in [0.1, 0.15) is 5.75 Å². The van der Waals surface area contributed by atoms with E-state index in [1.54, 1.807) is 7.11 Å². The van der Waals surface area contributed by atoms with Crippen LogP contribution in [0, 0.1) is 6.92 Å². The molecule has 1 aromatic heterocycles. The molecule has 5 heteroatoms. The van der Waals surface area contributed by atoms with Gasteiger partial charge in [-0.2, -0.15) is 4.98 Å². The van der Waals surface area contributed by atoms with Crippen molar-refractivity contribution in [2.24, 2.45) is 0 Å². The topological polar surface area (TPSA) is 60.2 Å². The van der Waals surface area contributed by atoms with Gasteiger partial charge in [0.05, 0.1) is 12.7 Å². The Morgan fingerprint density at radius 2 is 2.22 bits per heavy atom. The molecule has 18 heavy (non-hydrogen) atoms. The van der Waals surface area contributed by atoms with Crippen LogP contribution < -0.4 is 10.1 Å². The molecule has 0 radical (unpaired) electrons. The van der Waals surface area contributed by atoms with Gasteiger partial charge in [0.15, 0.2) is 0 Å². The molecule has 0 saturated heterocycles. The predicted molar refractivity (Wildman–Crippen MR) is 68.7 cm³/mol. The van der Waals surface area contributed by atoms with Gasteiger partial charge < -0.3 is 14.6 Å². The SMILES string of the molecule is CNCCc1nc(-c2ccc(C)cc2OC)no1. The molecule has 0 aliphatic rings. The summed E-state index contributed by atoms with van der Waals surface area (Å²) in [7, 11) is 3.53. The third kappa shape index (κ3) is 2.68. The third-order valence-electron chi connectivity index (χ3n) is 2.65. The number of rotatable bonds is 5. The standard InChI is InChI=1S/C13H17N3O2/c1-9-4-5-10(11(8-9)17-3)13-15-12(18-16-13)6-7-14-2/h4-5,8,14H,6-7H2,1-3H3. The van der Waals surface area contributed by atoms with Gasteiger partial charge in [0.2, 0.25) is 11.7 Å². The van der Waals surface area contributed by atoms with Crippen LogP contribution in [0.4, 0.5) is 0 Å². The molecule has 1 N–H and O–H groups in total. The van der Waals surface area contributed by atoms with E-state index < -0.39 is 0 Å². The smallest absolute Gasteiger partial charge is 0.228 e. The number of aryl methyl sites for hydroxylation is 1. The van der Waals surface area contributed by atoms with Crippen molar-refractivity contribution in [3.05, 3.63) is 29.7 Å². The number of hydrogen-bond acceptors (Lipinski definition) is 5. The summed E-state index contributed by atoms with van der Waals surface area (Å²) < 4.78 is 10.5. The van der Waals surface area contributed by atoms with Crippen molar-refractivity contribution < 1.29 is 9.26 Å². The second-order valence-electron chi connectivity index (χ2n) is 4.07. The first-order valence-corrected chi connectivity index (χ1v) is 5.87. The number of hydrogen-bond donors (Lipinski definition) is 1. The zero-order valence-corrected chi connectivity index (χ0v) is 10.9. The highest BCUT2D eigenvalue weighted by atomic mass is 16.5. The Bertz CT molecular complexity index is 523. The Morgan fingerprint density at radius 1 is 1.39 bits per heavy atom. The summed E-state index contributed by atoms with van der Waals surface area (Å²) in [6, 6.07) is 5.90. The molecule has 1 heterocycles. The van der Waals surface area contributed by atoms with Crippen LogP contribution in [0.3, 0.4) is 0 Å². The molecular formula is C13H17N3O2. The molecule has 0 aliphatic carbocycles. The number of likely N-dealkylation sites (N-methyl/N-ethyl adjacent to an activating group) is 1. The van der Waals surface area contributed by atoms with Gasteiger partial charge in [0.25, 0.3) is 0 Å². The van der Waals surface area contributed by atoms with E-state index in [1.165, 1.54) is 0 Å². The van der Waals surface area contributed by atoms with Crippen molar-refractivity contribution >= 4 is 0 Å². The summed E-state index contributed by atoms with van der Waals surface area (Å²) in [5.74, 6) is 1.95. The first-order chi connectivity index (χ1) is 8.74. The quantitative estimate of drug-likeness (QED) is 0.873. The number of benzene rings is 1. The summed E-state index contributed by atoms with van der Waals surface area (Å²) in [5, 5.41) is 7.03. The minimum Gasteiger partial charge on any atom is -0.496 e. The van der Waals surface area contributed by atoms with Crippen LogP contribution in [0.1, 0.15) is 11.5 Å². The molecule has 1 aromatic carbocycles. The van der Waals surface area contributed by atoms with E-state index in [2.05, 4.69) is 15.5 Å². The van der Waals surface area contributed by atoms with E-state index in [9.17, 15) is 0 Å². The number of nitrogens with zero attached hydrogens (tertiary/aromatic N) is 2. The minimum absolute atomic E-state index is 0.568. The van der Waals surface area contributed by atoms with Gasteiger partial charge in [-0.1, -0.05) is 11.2 Å². The van der Waals surface area contributed by atoms with Crippen molar-refractivity contribution in [3.8, 4) is 17.1 Å². The predicted octanol–water partition coefficient (Wildman–Crippen LogP) is 1.82. The van der Waals surface area contributed by atoms with E-state index >= 15 is 0 Å². The molecule has 0 saturated carbocycles. The zero-order chi connectivity index (χ0) is 13.0. The van der Waals surface area contributed by atoms with Crippen LogP contribution in [0.15, 0.2) is 22.7 Å². The van der Waals surface area contributed by atoms with Gasteiger partial charge in [-0.15, -0.1) is 0 Å². The lowest BCUT2D eigenvalue weighted by atomic mass is 10.1. The van der Waals surface area contributed by atoms with Crippen molar-refractivity contribution in [3.63, 3.8) is 0 Å². The second-order valence-corrected chi connectivity index (χ2v) is 4.07. The van der Waals surface area contributed by atoms with Crippen LogP contribution >= 0.6 is 0 Å². The molecule has 0 spiro atoms. The monoisotopic (exact) mass is 247 g/mol. The number of aromatic nitrogens is 2. The molecule has 0 aliphatic heterocycles. The fourth-order valence-corrected chi connectivity index (χ4v) is 1.68. The summed E-state index contributed by atoms with van der Waals surface area (Å²) in [6.45, 7) is 2.83. The Labute approximate surface area is 106 Å². The summed E-state index contributed by atoms with van der Waals surface area (Å²) >= 11 is 0. The van der Waals surface area contributed by atoms with Crippen LogP contribution in [0.5, 0.6) is 5.75 Å². The van der Waals surface area contributed by atoms with Gasteiger partial charge in [-0.05, 0) is 31.7 Å². The average Bonchev–Trinajstić information content (AvgIpc) is 2.84. The number of methoxy groups -OCH3 is 1. The van der Waals surface area contributed by atoms with Crippen molar-refractivity contribution in [2.75, 3.05) is 20.7 Å². The van der Waals surface area contributed by atoms with E-state index in [1.807, 2.05) is 32.2 Å². The summed E-state index contributed by atoms with van der Waals surface area (Å²) in [6.07, 6.45) is 0.720. The molecule has 0 bridgehead atoms. The van der Waals surface area contributed by atoms with E-state index in [4.69, 9.17) is 9.26 Å². The fraction of sp³-hybridized carbons (Fsp3) is 0.385. The summed E-state index contributed by atoms with van der Waals surface area (Å²) in [4.78, 5) is 4.36. The van der Waals surface area contributed by atoms with Crippen LogP contribution in [0.2, 0.25) is 0 Å². The first kappa shape index (κ1) is 12.6. The normalized spacial score (nSPS) is 10.6. The maximum Gasteiger partial charge on any atom is 0.228 e. The zero-order valence-electron chi connectivity index (χ0n) is 10.9. The molecule has 0 fully saturated rings. The number of ether oxygens (including phenoxy) is 1. The van der Waals surface area contributed by atoms with Crippen molar-refractivity contribution in [1.82, 2.24) is 15.5 Å².